The number of rotatable bonds is 5. The Morgan fingerprint density at radius 3 is 2.67 bits per heavy atom. The Morgan fingerprint density at radius 2 is 2.22 bits per heavy atom. The molecule has 0 aliphatic heterocycles. The zero-order valence-corrected chi connectivity index (χ0v) is 6.54. The van der Waals surface area contributed by atoms with Crippen LogP contribution in [0, 0.1) is 0 Å². The minimum absolute atomic E-state index is 0.533. The van der Waals surface area contributed by atoms with Gasteiger partial charge in [-0.1, -0.05) is 19.1 Å². The van der Waals surface area contributed by atoms with E-state index in [1.54, 1.807) is 0 Å². The molecule has 0 aliphatic carbocycles. The van der Waals surface area contributed by atoms with Crippen molar-refractivity contribution in [3.63, 3.8) is 0 Å². The van der Waals surface area contributed by atoms with E-state index in [1.165, 1.54) is 0 Å². The Bertz CT molecular complexity index is 85.1. The Hall–Kier alpha value is -0.150. The molecule has 0 aliphatic rings. The maximum absolute atomic E-state index is 5.23. The van der Waals surface area contributed by atoms with Crippen molar-refractivity contribution in [2.45, 2.75) is 19.8 Å². The van der Waals surface area contributed by atoms with Crippen LogP contribution in [-0.2, 0) is 4.74 Å². The molecular weight excluding hydrogens is 134 g/mol. The largest absolute Gasteiger partial charge is 0.393 e. The maximum Gasteiger partial charge on any atom is 0.0750 e. The first-order chi connectivity index (χ1) is 4.27. The van der Waals surface area contributed by atoms with Crippen LogP contribution in [0.5, 0.6) is 0 Å². The maximum atomic E-state index is 5.23. The molecular formula is C6H13NOS. The van der Waals surface area contributed by atoms with Gasteiger partial charge in [0.15, 0.2) is 0 Å². The van der Waals surface area contributed by atoms with Crippen LogP contribution < -0.4 is 5.73 Å². The van der Waals surface area contributed by atoms with Crippen molar-refractivity contribution in [3.8, 4) is 0 Å². The van der Waals surface area contributed by atoms with Gasteiger partial charge in [-0.2, -0.15) is 0 Å². The highest BCUT2D eigenvalue weighted by atomic mass is 32.1. The lowest BCUT2D eigenvalue weighted by atomic mass is 10.4. The third-order valence-electron chi connectivity index (χ3n) is 0.841. The van der Waals surface area contributed by atoms with Crippen molar-refractivity contribution < 1.29 is 4.74 Å². The van der Waals surface area contributed by atoms with Crippen molar-refractivity contribution in [2.24, 2.45) is 5.73 Å². The zero-order valence-electron chi connectivity index (χ0n) is 5.72. The third-order valence-corrected chi connectivity index (χ3v) is 1.05. The van der Waals surface area contributed by atoms with E-state index in [1.807, 2.05) is 0 Å². The topological polar surface area (TPSA) is 35.2 Å². The van der Waals surface area contributed by atoms with Crippen LogP contribution in [0.4, 0.5) is 0 Å². The van der Waals surface area contributed by atoms with Gasteiger partial charge in [-0.05, 0) is 6.42 Å². The molecule has 0 aromatic carbocycles. The molecule has 0 atom stereocenters. The third kappa shape index (κ3) is 7.85. The van der Waals surface area contributed by atoms with Crippen LogP contribution in [0.25, 0.3) is 0 Å². The summed E-state index contributed by atoms with van der Waals surface area (Å²) in [5.74, 6) is 0. The minimum Gasteiger partial charge on any atom is -0.393 e. The highest BCUT2D eigenvalue weighted by Gasteiger charge is 1.87. The number of ether oxygens (including phenoxy) is 1. The van der Waals surface area contributed by atoms with E-state index in [-0.39, 0.29) is 0 Å². The average molecular weight is 147 g/mol. The molecule has 0 rings (SSSR count). The predicted molar refractivity (Wildman–Crippen MR) is 42.5 cm³/mol. The summed E-state index contributed by atoms with van der Waals surface area (Å²) in [6, 6.07) is 0. The first-order valence-corrected chi connectivity index (χ1v) is 3.54. The van der Waals surface area contributed by atoms with Crippen molar-refractivity contribution >= 4 is 17.2 Å². The second-order valence-electron chi connectivity index (χ2n) is 1.83. The first-order valence-electron chi connectivity index (χ1n) is 3.13. The van der Waals surface area contributed by atoms with E-state index in [9.17, 15) is 0 Å². The minimum atomic E-state index is 0.533. The number of nitrogens with two attached hydrogens (primary N) is 1. The summed E-state index contributed by atoms with van der Waals surface area (Å²) >= 11 is 4.64. The molecule has 0 amide bonds. The van der Waals surface area contributed by atoms with E-state index in [4.69, 9.17) is 10.5 Å². The number of thiocarbonyl (C=S) groups is 1. The number of hydrogen-bond donors (Lipinski definition) is 1. The van der Waals surface area contributed by atoms with Gasteiger partial charge < -0.3 is 10.5 Å². The van der Waals surface area contributed by atoms with Crippen molar-refractivity contribution in [3.05, 3.63) is 0 Å². The van der Waals surface area contributed by atoms with Crippen LogP contribution in [0.15, 0.2) is 0 Å². The lowest BCUT2D eigenvalue weighted by Crippen LogP contribution is -2.11. The molecule has 0 saturated carbocycles. The van der Waals surface area contributed by atoms with Crippen LogP contribution >= 0.6 is 12.2 Å². The van der Waals surface area contributed by atoms with E-state index in [0.29, 0.717) is 18.0 Å². The van der Waals surface area contributed by atoms with Gasteiger partial charge in [-0.3, -0.25) is 0 Å². The van der Waals surface area contributed by atoms with Crippen molar-refractivity contribution in [2.75, 3.05) is 13.2 Å². The van der Waals surface area contributed by atoms with Gasteiger partial charge in [-0.15, -0.1) is 0 Å². The van der Waals surface area contributed by atoms with Gasteiger partial charge >= 0.3 is 0 Å². The molecule has 0 aromatic heterocycles. The van der Waals surface area contributed by atoms with Crippen LogP contribution in [0.3, 0.4) is 0 Å². The molecule has 0 radical (unpaired) electrons. The summed E-state index contributed by atoms with van der Waals surface area (Å²) in [6.45, 7) is 3.55. The van der Waals surface area contributed by atoms with Gasteiger partial charge in [0.05, 0.1) is 11.6 Å². The standard InChI is InChI=1S/C6H13NOS/c1-2-4-8-5-3-6(7)9/h2-5H2,1H3,(H2,7,9). The SMILES string of the molecule is CCCOCCC(N)=S. The van der Waals surface area contributed by atoms with Crippen LogP contribution in [0.1, 0.15) is 19.8 Å². The lowest BCUT2D eigenvalue weighted by Gasteiger charge is -1.98. The summed E-state index contributed by atoms with van der Waals surface area (Å²) in [4.78, 5) is 0.533. The summed E-state index contributed by atoms with van der Waals surface area (Å²) in [5.41, 5.74) is 5.23. The fraction of sp³-hybridized carbons (Fsp3) is 0.833. The molecule has 0 unspecified atom stereocenters. The normalized spacial score (nSPS) is 9.44. The molecule has 0 heterocycles. The average Bonchev–Trinajstić information content (AvgIpc) is 1.80. The molecule has 0 fully saturated rings. The predicted octanol–water partition coefficient (Wildman–Crippen LogP) is 1.09. The molecule has 0 saturated heterocycles. The van der Waals surface area contributed by atoms with Gasteiger partial charge in [0.2, 0.25) is 0 Å². The highest BCUT2D eigenvalue weighted by Crippen LogP contribution is 1.84. The lowest BCUT2D eigenvalue weighted by molar-refractivity contribution is 0.142. The smallest absolute Gasteiger partial charge is 0.0750 e. The van der Waals surface area contributed by atoms with Crippen molar-refractivity contribution in [1.82, 2.24) is 0 Å². The molecule has 3 heteroatoms. The van der Waals surface area contributed by atoms with Crippen LogP contribution in [0.2, 0.25) is 0 Å². The fourth-order valence-corrected chi connectivity index (χ4v) is 0.502. The Balaban J connectivity index is 2.83. The van der Waals surface area contributed by atoms with E-state index in [2.05, 4.69) is 19.1 Å². The van der Waals surface area contributed by atoms with Gasteiger partial charge in [-0.25, -0.2) is 0 Å². The Labute approximate surface area is 61.4 Å². The van der Waals surface area contributed by atoms with Gasteiger partial charge in [0, 0.05) is 13.0 Å². The monoisotopic (exact) mass is 147 g/mol. The fourth-order valence-electron chi connectivity index (χ4n) is 0.419. The molecule has 0 spiro atoms. The molecule has 0 bridgehead atoms. The molecule has 9 heavy (non-hydrogen) atoms. The quantitative estimate of drug-likeness (QED) is 0.467. The number of hydrogen-bond acceptors (Lipinski definition) is 2. The highest BCUT2D eigenvalue weighted by molar-refractivity contribution is 7.80. The summed E-state index contributed by atoms with van der Waals surface area (Å²) in [7, 11) is 0. The molecule has 2 N–H and O–H groups in total. The first kappa shape index (κ1) is 8.85. The second-order valence-corrected chi connectivity index (χ2v) is 2.35. The Kier molecular flexibility index (Phi) is 5.88. The zero-order chi connectivity index (χ0) is 7.11. The second kappa shape index (κ2) is 5.98. The van der Waals surface area contributed by atoms with Gasteiger partial charge in [0.1, 0.15) is 0 Å². The summed E-state index contributed by atoms with van der Waals surface area (Å²) < 4.78 is 5.13. The summed E-state index contributed by atoms with van der Waals surface area (Å²) in [5, 5.41) is 0. The Morgan fingerprint density at radius 1 is 1.56 bits per heavy atom. The van der Waals surface area contributed by atoms with Crippen molar-refractivity contribution in [1.29, 1.82) is 0 Å². The molecule has 2 nitrogen and oxygen atoms in total. The van der Waals surface area contributed by atoms with E-state index >= 15 is 0 Å². The van der Waals surface area contributed by atoms with E-state index < -0.39 is 0 Å². The van der Waals surface area contributed by atoms with E-state index in [0.717, 1.165) is 13.0 Å². The summed E-state index contributed by atoms with van der Waals surface area (Å²) in [6.07, 6.45) is 1.76. The van der Waals surface area contributed by atoms with Gasteiger partial charge in [0.25, 0.3) is 0 Å². The molecule has 54 valence electrons. The molecule has 0 aromatic rings. The van der Waals surface area contributed by atoms with Crippen LogP contribution in [-0.4, -0.2) is 18.2 Å².